The van der Waals surface area contributed by atoms with E-state index in [-0.39, 0.29) is 5.91 Å². The number of nitrogens with two attached hydrogens (primary N) is 1. The van der Waals surface area contributed by atoms with Crippen molar-refractivity contribution in [1.82, 2.24) is 5.32 Å². The Morgan fingerprint density at radius 1 is 1.45 bits per heavy atom. The van der Waals surface area contributed by atoms with Crippen molar-refractivity contribution in [3.8, 4) is 0 Å². The van der Waals surface area contributed by atoms with Gasteiger partial charge in [0.25, 0.3) is 5.91 Å². The van der Waals surface area contributed by atoms with Crippen LogP contribution < -0.4 is 16.0 Å². The van der Waals surface area contributed by atoms with Crippen LogP contribution >= 0.6 is 11.3 Å². The Hall–Kier alpha value is -1.23. The lowest BCUT2D eigenvalue weighted by Gasteiger charge is -2.17. The van der Waals surface area contributed by atoms with E-state index < -0.39 is 0 Å². The predicted molar refractivity (Wildman–Crippen MR) is 84.4 cm³/mol. The van der Waals surface area contributed by atoms with Crippen LogP contribution in [0.5, 0.6) is 0 Å². The van der Waals surface area contributed by atoms with Crippen molar-refractivity contribution in [1.29, 1.82) is 0 Å². The first-order valence-corrected chi connectivity index (χ1v) is 8.31. The van der Waals surface area contributed by atoms with Crippen LogP contribution in [0.4, 0.5) is 10.7 Å². The minimum Gasteiger partial charge on any atom is -0.397 e. The van der Waals surface area contributed by atoms with Crippen LogP contribution in [0, 0.1) is 11.8 Å². The molecule has 0 aromatic carbocycles. The number of thiophene rings is 1. The average Bonchev–Trinajstić information content (AvgIpc) is 2.93. The third-order valence-corrected chi connectivity index (χ3v) is 5.56. The van der Waals surface area contributed by atoms with Crippen LogP contribution in [0.2, 0.25) is 0 Å². The maximum Gasteiger partial charge on any atom is 0.263 e. The second kappa shape index (κ2) is 5.28. The zero-order valence-electron chi connectivity index (χ0n) is 12.2. The lowest BCUT2D eigenvalue weighted by Crippen LogP contribution is -2.25. The SMILES string of the molecule is CC(C)C1CCN(c2cc(N)c(C(=O)NC3CC3)s2)C1. The molecule has 1 aromatic heterocycles. The molecule has 1 unspecified atom stereocenters. The van der Waals surface area contributed by atoms with Crippen molar-refractivity contribution in [2.45, 2.75) is 39.2 Å². The summed E-state index contributed by atoms with van der Waals surface area (Å²) in [6.07, 6.45) is 3.44. The molecule has 0 radical (unpaired) electrons. The lowest BCUT2D eigenvalue weighted by molar-refractivity contribution is 0.0956. The number of hydrogen-bond acceptors (Lipinski definition) is 4. The highest BCUT2D eigenvalue weighted by atomic mass is 32.1. The molecule has 5 heteroatoms. The highest BCUT2D eigenvalue weighted by Crippen LogP contribution is 2.36. The van der Waals surface area contributed by atoms with Crippen LogP contribution in [0.15, 0.2) is 6.07 Å². The summed E-state index contributed by atoms with van der Waals surface area (Å²) in [5.74, 6) is 1.47. The molecule has 1 aliphatic carbocycles. The first kappa shape index (κ1) is 13.7. The van der Waals surface area contributed by atoms with Crippen LogP contribution in [-0.4, -0.2) is 25.0 Å². The maximum absolute atomic E-state index is 12.1. The van der Waals surface area contributed by atoms with Gasteiger partial charge in [-0.05, 0) is 37.2 Å². The van der Waals surface area contributed by atoms with E-state index in [0.717, 1.165) is 42.8 Å². The molecular formula is C15H23N3OS. The molecule has 3 N–H and O–H groups in total. The van der Waals surface area contributed by atoms with Crippen LogP contribution in [-0.2, 0) is 0 Å². The Kier molecular flexibility index (Phi) is 3.63. The van der Waals surface area contributed by atoms with Gasteiger partial charge in [0.2, 0.25) is 0 Å². The van der Waals surface area contributed by atoms with Gasteiger partial charge in [0.15, 0.2) is 0 Å². The molecule has 2 fully saturated rings. The van der Waals surface area contributed by atoms with Gasteiger partial charge in [-0.15, -0.1) is 11.3 Å². The first-order valence-electron chi connectivity index (χ1n) is 7.49. The quantitative estimate of drug-likeness (QED) is 0.897. The monoisotopic (exact) mass is 293 g/mol. The Morgan fingerprint density at radius 3 is 2.80 bits per heavy atom. The van der Waals surface area contributed by atoms with E-state index in [9.17, 15) is 4.79 Å². The van der Waals surface area contributed by atoms with Crippen LogP contribution in [0.1, 0.15) is 42.8 Å². The summed E-state index contributed by atoms with van der Waals surface area (Å²) < 4.78 is 0. The van der Waals surface area contributed by atoms with Gasteiger partial charge < -0.3 is 16.0 Å². The van der Waals surface area contributed by atoms with Gasteiger partial charge in [-0.2, -0.15) is 0 Å². The van der Waals surface area contributed by atoms with E-state index in [4.69, 9.17) is 5.73 Å². The third-order valence-electron chi connectivity index (χ3n) is 4.35. The van der Waals surface area contributed by atoms with Crippen LogP contribution in [0.25, 0.3) is 0 Å². The zero-order chi connectivity index (χ0) is 14.3. The highest BCUT2D eigenvalue weighted by Gasteiger charge is 2.29. The molecule has 2 aliphatic rings. The summed E-state index contributed by atoms with van der Waals surface area (Å²) in [5.41, 5.74) is 6.64. The molecule has 1 aromatic rings. The number of nitrogen functional groups attached to an aromatic ring is 1. The molecule has 3 rings (SSSR count). The Labute approximate surface area is 124 Å². The second-order valence-corrected chi connectivity index (χ2v) is 7.39. The summed E-state index contributed by atoms with van der Waals surface area (Å²) in [7, 11) is 0. The van der Waals surface area contributed by atoms with Gasteiger partial charge in [-0.1, -0.05) is 13.8 Å². The van der Waals surface area contributed by atoms with E-state index in [1.54, 1.807) is 0 Å². The van der Waals surface area contributed by atoms with E-state index >= 15 is 0 Å². The van der Waals surface area contributed by atoms with Gasteiger partial charge in [0.05, 0.1) is 10.7 Å². The minimum absolute atomic E-state index is 0.000793. The van der Waals surface area contributed by atoms with E-state index in [1.807, 2.05) is 6.07 Å². The summed E-state index contributed by atoms with van der Waals surface area (Å²) in [6, 6.07) is 2.35. The fraction of sp³-hybridized carbons (Fsp3) is 0.667. The number of nitrogens with one attached hydrogen (secondary N) is 1. The molecule has 2 heterocycles. The standard InChI is InChI=1S/C15H23N3OS/c1-9(2)10-5-6-18(8-10)13-7-12(16)14(20-13)15(19)17-11-3-4-11/h7,9-11H,3-6,8,16H2,1-2H3,(H,17,19). The number of amides is 1. The van der Waals surface area contributed by atoms with E-state index in [1.165, 1.54) is 17.8 Å². The van der Waals surface area contributed by atoms with Gasteiger partial charge in [-0.25, -0.2) is 0 Å². The lowest BCUT2D eigenvalue weighted by atomic mass is 9.95. The third kappa shape index (κ3) is 2.77. The smallest absolute Gasteiger partial charge is 0.263 e. The van der Waals surface area contributed by atoms with Gasteiger partial charge >= 0.3 is 0 Å². The summed E-state index contributed by atoms with van der Waals surface area (Å²) in [6.45, 7) is 6.73. The minimum atomic E-state index is 0.000793. The summed E-state index contributed by atoms with van der Waals surface area (Å²) in [5, 5.41) is 4.16. The molecule has 4 nitrogen and oxygen atoms in total. The number of carbonyl (C=O) groups excluding carboxylic acids is 1. The topological polar surface area (TPSA) is 58.4 Å². The Bertz CT molecular complexity index is 507. The number of rotatable bonds is 4. The molecule has 110 valence electrons. The molecular weight excluding hydrogens is 270 g/mol. The summed E-state index contributed by atoms with van der Waals surface area (Å²) in [4.78, 5) is 15.2. The van der Waals surface area contributed by atoms with Crippen molar-refractivity contribution in [2.24, 2.45) is 11.8 Å². The number of nitrogens with zero attached hydrogens (tertiary/aromatic N) is 1. The second-order valence-electron chi connectivity index (χ2n) is 6.36. The van der Waals surface area contributed by atoms with Crippen molar-refractivity contribution in [2.75, 3.05) is 23.7 Å². The average molecular weight is 293 g/mol. The highest BCUT2D eigenvalue weighted by molar-refractivity contribution is 7.18. The molecule has 20 heavy (non-hydrogen) atoms. The molecule has 0 spiro atoms. The van der Waals surface area contributed by atoms with Gasteiger partial charge in [0, 0.05) is 19.1 Å². The van der Waals surface area contributed by atoms with Gasteiger partial charge in [0.1, 0.15) is 4.88 Å². The van der Waals surface area contributed by atoms with Crippen LogP contribution in [0.3, 0.4) is 0 Å². The molecule has 1 saturated heterocycles. The van der Waals surface area contributed by atoms with E-state index in [2.05, 4.69) is 24.1 Å². The van der Waals surface area contributed by atoms with Crippen molar-refractivity contribution >= 4 is 27.9 Å². The largest absolute Gasteiger partial charge is 0.397 e. The maximum atomic E-state index is 12.1. The van der Waals surface area contributed by atoms with Crippen molar-refractivity contribution in [3.05, 3.63) is 10.9 Å². The molecule has 1 atom stereocenters. The normalized spacial score (nSPS) is 22.6. The predicted octanol–water partition coefficient (Wildman–Crippen LogP) is 2.70. The van der Waals surface area contributed by atoms with Gasteiger partial charge in [-0.3, -0.25) is 4.79 Å². The number of anilines is 2. The fourth-order valence-electron chi connectivity index (χ4n) is 2.74. The summed E-state index contributed by atoms with van der Waals surface area (Å²) >= 11 is 1.54. The number of hydrogen-bond donors (Lipinski definition) is 2. The molecule has 1 aliphatic heterocycles. The Morgan fingerprint density at radius 2 is 2.20 bits per heavy atom. The number of carbonyl (C=O) groups is 1. The zero-order valence-corrected chi connectivity index (χ0v) is 13.0. The fourth-order valence-corrected chi connectivity index (χ4v) is 3.75. The molecule has 0 bridgehead atoms. The van der Waals surface area contributed by atoms with Crippen molar-refractivity contribution < 1.29 is 4.79 Å². The molecule has 1 saturated carbocycles. The van der Waals surface area contributed by atoms with Crippen molar-refractivity contribution in [3.63, 3.8) is 0 Å². The molecule has 1 amide bonds. The van der Waals surface area contributed by atoms with E-state index in [0.29, 0.717) is 16.6 Å². The first-order chi connectivity index (χ1) is 9.54. The Balaban J connectivity index is 1.70.